The van der Waals surface area contributed by atoms with Crippen LogP contribution < -0.4 is 5.73 Å². The van der Waals surface area contributed by atoms with Crippen molar-refractivity contribution in [3.8, 4) is 11.7 Å². The quantitative estimate of drug-likeness (QED) is 0.749. The molecular weight excluding hydrogens is 256 g/mol. The third kappa shape index (κ3) is 2.51. The molecule has 0 bridgehead atoms. The first-order chi connectivity index (χ1) is 9.60. The smallest absolute Gasteiger partial charge is 0.295 e. The van der Waals surface area contributed by atoms with Crippen molar-refractivity contribution in [2.24, 2.45) is 0 Å². The molecule has 0 fully saturated rings. The highest BCUT2D eigenvalue weighted by molar-refractivity contribution is 5.41. The van der Waals surface area contributed by atoms with Crippen LogP contribution in [0.5, 0.6) is 0 Å². The molecule has 3 rings (SSSR count). The normalized spacial score (nSPS) is 10.9. The fourth-order valence-corrected chi connectivity index (χ4v) is 2.15. The summed E-state index contributed by atoms with van der Waals surface area (Å²) >= 11 is 0. The summed E-state index contributed by atoms with van der Waals surface area (Å²) in [4.78, 5) is 8.23. The van der Waals surface area contributed by atoms with Crippen molar-refractivity contribution in [2.45, 2.75) is 20.3 Å². The molecule has 102 valence electrons. The van der Waals surface area contributed by atoms with E-state index in [1.54, 1.807) is 0 Å². The van der Waals surface area contributed by atoms with Gasteiger partial charge < -0.3 is 10.3 Å². The number of aryl methyl sites for hydroxylation is 2. The highest BCUT2D eigenvalue weighted by Crippen LogP contribution is 2.16. The predicted molar refractivity (Wildman–Crippen MR) is 72.8 cm³/mol. The number of anilines is 1. The Kier molecular flexibility index (Phi) is 2.94. The Bertz CT molecular complexity index is 725. The lowest BCUT2D eigenvalue weighted by atomic mass is 10.1. The van der Waals surface area contributed by atoms with E-state index >= 15 is 0 Å². The molecule has 0 atom stereocenters. The minimum Gasteiger partial charge on any atom is -0.366 e. The molecule has 3 N–H and O–H groups in total. The number of nitrogen functional groups attached to an aromatic ring is 1. The number of H-pyrrole nitrogens is 1. The standard InChI is InChI=1S/C13H14N6O/c1-7-3-8(2)5-9(4-7)6-10-15-12(20-19-10)11-16-13(14)18-17-11/h3-5H,6H2,1-2H3,(H3,14,16,17,18). The summed E-state index contributed by atoms with van der Waals surface area (Å²) in [6.45, 7) is 4.13. The van der Waals surface area contributed by atoms with E-state index in [-0.39, 0.29) is 11.8 Å². The molecule has 20 heavy (non-hydrogen) atoms. The zero-order valence-corrected chi connectivity index (χ0v) is 11.2. The average Bonchev–Trinajstić information content (AvgIpc) is 2.96. The number of rotatable bonds is 3. The van der Waals surface area contributed by atoms with Gasteiger partial charge in [0.25, 0.3) is 5.89 Å². The maximum Gasteiger partial charge on any atom is 0.295 e. The molecule has 7 nitrogen and oxygen atoms in total. The van der Waals surface area contributed by atoms with Crippen LogP contribution in [0, 0.1) is 13.8 Å². The minimum atomic E-state index is 0.147. The van der Waals surface area contributed by atoms with Crippen molar-refractivity contribution >= 4 is 5.95 Å². The van der Waals surface area contributed by atoms with Crippen LogP contribution in [0.2, 0.25) is 0 Å². The van der Waals surface area contributed by atoms with Gasteiger partial charge in [0.1, 0.15) is 0 Å². The van der Waals surface area contributed by atoms with Gasteiger partial charge in [-0.1, -0.05) is 34.5 Å². The minimum absolute atomic E-state index is 0.147. The lowest BCUT2D eigenvalue weighted by Crippen LogP contribution is -1.93. The first-order valence-corrected chi connectivity index (χ1v) is 6.18. The van der Waals surface area contributed by atoms with Gasteiger partial charge in [0.05, 0.1) is 0 Å². The van der Waals surface area contributed by atoms with Crippen molar-refractivity contribution < 1.29 is 4.52 Å². The maximum atomic E-state index is 5.44. The van der Waals surface area contributed by atoms with Crippen LogP contribution in [0.3, 0.4) is 0 Å². The van der Waals surface area contributed by atoms with E-state index in [9.17, 15) is 0 Å². The van der Waals surface area contributed by atoms with Gasteiger partial charge in [0.15, 0.2) is 5.82 Å². The zero-order valence-electron chi connectivity index (χ0n) is 11.2. The summed E-state index contributed by atoms with van der Waals surface area (Å²) in [7, 11) is 0. The summed E-state index contributed by atoms with van der Waals surface area (Å²) in [6, 6.07) is 6.34. The lowest BCUT2D eigenvalue weighted by Gasteiger charge is -2.01. The van der Waals surface area contributed by atoms with Crippen LogP contribution >= 0.6 is 0 Å². The lowest BCUT2D eigenvalue weighted by molar-refractivity contribution is 0.421. The molecule has 2 heterocycles. The topological polar surface area (TPSA) is 107 Å². The van der Waals surface area contributed by atoms with Gasteiger partial charge in [0.2, 0.25) is 11.8 Å². The molecule has 2 aromatic heterocycles. The van der Waals surface area contributed by atoms with Crippen LogP contribution in [0.1, 0.15) is 22.5 Å². The van der Waals surface area contributed by atoms with E-state index in [0.29, 0.717) is 18.1 Å². The summed E-state index contributed by atoms with van der Waals surface area (Å²) < 4.78 is 5.15. The molecule has 0 saturated heterocycles. The first kappa shape index (κ1) is 12.3. The SMILES string of the molecule is Cc1cc(C)cc(Cc2noc(-c3nc(N)n[nH]3)n2)c1. The number of nitrogens with two attached hydrogens (primary N) is 1. The molecular formula is C13H14N6O. The van der Waals surface area contributed by atoms with Crippen molar-refractivity contribution in [1.29, 1.82) is 0 Å². The number of benzene rings is 1. The van der Waals surface area contributed by atoms with E-state index in [0.717, 1.165) is 5.56 Å². The van der Waals surface area contributed by atoms with Gasteiger partial charge in [-0.05, 0) is 19.4 Å². The van der Waals surface area contributed by atoms with E-state index < -0.39 is 0 Å². The molecule has 0 aliphatic carbocycles. The van der Waals surface area contributed by atoms with Crippen molar-refractivity contribution in [3.05, 3.63) is 40.7 Å². The van der Waals surface area contributed by atoms with Gasteiger partial charge in [-0.3, -0.25) is 5.10 Å². The monoisotopic (exact) mass is 270 g/mol. The van der Waals surface area contributed by atoms with Gasteiger partial charge in [-0.15, -0.1) is 5.10 Å². The number of hydrogen-bond acceptors (Lipinski definition) is 6. The molecule has 0 spiro atoms. The molecule has 1 aromatic carbocycles. The molecule has 0 saturated carbocycles. The number of aromatic amines is 1. The maximum absolute atomic E-state index is 5.44. The van der Waals surface area contributed by atoms with Gasteiger partial charge in [0, 0.05) is 6.42 Å². The highest BCUT2D eigenvalue weighted by atomic mass is 16.5. The molecule has 0 unspecified atom stereocenters. The largest absolute Gasteiger partial charge is 0.366 e. The second-order valence-electron chi connectivity index (χ2n) is 4.73. The Balaban J connectivity index is 1.83. The summed E-state index contributed by atoms with van der Waals surface area (Å²) in [5.41, 5.74) is 9.01. The fourth-order valence-electron chi connectivity index (χ4n) is 2.15. The Hall–Kier alpha value is -2.70. The Morgan fingerprint density at radius 2 is 1.90 bits per heavy atom. The highest BCUT2D eigenvalue weighted by Gasteiger charge is 2.13. The predicted octanol–water partition coefficient (Wildman–Crippen LogP) is 1.64. The summed E-state index contributed by atoms with van der Waals surface area (Å²) in [6.07, 6.45) is 0.607. The number of hydrogen-bond donors (Lipinski definition) is 2. The van der Waals surface area contributed by atoms with Crippen molar-refractivity contribution in [2.75, 3.05) is 5.73 Å². The molecule has 7 heteroatoms. The molecule has 0 aliphatic heterocycles. The Morgan fingerprint density at radius 3 is 2.55 bits per heavy atom. The Morgan fingerprint density at radius 1 is 1.15 bits per heavy atom. The van der Waals surface area contributed by atoms with Crippen LogP contribution in [0.4, 0.5) is 5.95 Å². The molecule has 0 amide bonds. The Labute approximate surface area is 115 Å². The third-order valence-electron chi connectivity index (χ3n) is 2.82. The number of nitrogens with one attached hydrogen (secondary N) is 1. The average molecular weight is 270 g/mol. The number of nitrogens with zero attached hydrogens (tertiary/aromatic N) is 4. The first-order valence-electron chi connectivity index (χ1n) is 6.18. The molecule has 0 aliphatic rings. The summed E-state index contributed by atoms with van der Waals surface area (Å²) in [5.74, 6) is 1.41. The van der Waals surface area contributed by atoms with Crippen molar-refractivity contribution in [3.63, 3.8) is 0 Å². The van der Waals surface area contributed by atoms with Crippen LogP contribution in [0.25, 0.3) is 11.7 Å². The van der Waals surface area contributed by atoms with Crippen LogP contribution in [-0.2, 0) is 6.42 Å². The summed E-state index contributed by atoms with van der Waals surface area (Å²) in [5, 5.41) is 10.3. The van der Waals surface area contributed by atoms with E-state index in [1.807, 2.05) is 0 Å². The van der Waals surface area contributed by atoms with Gasteiger partial charge in [-0.2, -0.15) is 9.97 Å². The van der Waals surface area contributed by atoms with Crippen molar-refractivity contribution in [1.82, 2.24) is 25.3 Å². The number of aromatic nitrogens is 5. The van der Waals surface area contributed by atoms with Gasteiger partial charge >= 0.3 is 0 Å². The second-order valence-corrected chi connectivity index (χ2v) is 4.73. The van der Waals surface area contributed by atoms with E-state index in [1.165, 1.54) is 11.1 Å². The molecule has 3 aromatic rings. The third-order valence-corrected chi connectivity index (χ3v) is 2.82. The van der Waals surface area contributed by atoms with Crippen LogP contribution in [-0.4, -0.2) is 25.3 Å². The fraction of sp³-hybridized carbons (Fsp3) is 0.231. The zero-order chi connectivity index (χ0) is 14.1. The van der Waals surface area contributed by atoms with E-state index in [2.05, 4.69) is 57.4 Å². The second kappa shape index (κ2) is 4.76. The molecule has 0 radical (unpaired) electrons. The van der Waals surface area contributed by atoms with Crippen LogP contribution in [0.15, 0.2) is 22.7 Å². The van der Waals surface area contributed by atoms with Gasteiger partial charge in [-0.25, -0.2) is 0 Å². The van der Waals surface area contributed by atoms with E-state index in [4.69, 9.17) is 10.3 Å².